The molecule has 0 heterocycles. The number of thioether (sulfide) groups is 1. The van der Waals surface area contributed by atoms with Gasteiger partial charge in [-0.25, -0.2) is 4.79 Å². The molecule has 0 rings (SSSR count). The van der Waals surface area contributed by atoms with Gasteiger partial charge in [-0.3, -0.25) is 14.4 Å². The van der Waals surface area contributed by atoms with Crippen molar-refractivity contribution in [3.05, 3.63) is 0 Å². The van der Waals surface area contributed by atoms with Crippen LogP contribution in [0.3, 0.4) is 0 Å². The van der Waals surface area contributed by atoms with Crippen LogP contribution >= 0.6 is 11.8 Å². The fourth-order valence-electron chi connectivity index (χ4n) is 3.27. The molecule has 5 atom stereocenters. The van der Waals surface area contributed by atoms with Gasteiger partial charge in [0, 0.05) is 0 Å². The van der Waals surface area contributed by atoms with Crippen molar-refractivity contribution in [1.82, 2.24) is 16.0 Å². The maximum Gasteiger partial charge on any atom is 0.326 e. The Kier molecular flexibility index (Phi) is 15.1. The fourth-order valence-corrected chi connectivity index (χ4v) is 3.76. The first-order valence-electron chi connectivity index (χ1n) is 11.7. The van der Waals surface area contributed by atoms with Crippen molar-refractivity contribution in [3.8, 4) is 0 Å². The van der Waals surface area contributed by atoms with Crippen molar-refractivity contribution >= 4 is 35.5 Å². The lowest BCUT2D eigenvalue weighted by molar-refractivity contribution is -0.144. The topological polar surface area (TPSA) is 151 Å². The third-order valence-electron chi connectivity index (χ3n) is 5.43. The summed E-state index contributed by atoms with van der Waals surface area (Å²) in [6.45, 7) is 11.3. The summed E-state index contributed by atoms with van der Waals surface area (Å²) in [5.74, 6) is -1.89. The number of carbonyl (C=O) groups excluding carboxylic acids is 3. The van der Waals surface area contributed by atoms with E-state index in [9.17, 15) is 24.3 Å². The predicted octanol–water partition coefficient (Wildman–Crippen LogP) is 1.74. The Balaban J connectivity index is 5.50. The molecule has 3 amide bonds. The quantitative estimate of drug-likeness (QED) is 0.222. The fraction of sp³-hybridized carbons (Fsp3) is 0.826. The Hall–Kier alpha value is -1.81. The van der Waals surface area contributed by atoms with Gasteiger partial charge in [0.25, 0.3) is 0 Å². The summed E-state index contributed by atoms with van der Waals surface area (Å²) >= 11 is 1.59. The number of rotatable bonds is 16. The van der Waals surface area contributed by atoms with Crippen molar-refractivity contribution in [2.75, 3.05) is 12.0 Å². The highest BCUT2D eigenvalue weighted by Gasteiger charge is 2.32. The summed E-state index contributed by atoms with van der Waals surface area (Å²) in [6.07, 6.45) is 3.72. The third kappa shape index (κ3) is 12.3. The number of carboxylic acids is 1. The first kappa shape index (κ1) is 31.2. The largest absolute Gasteiger partial charge is 0.480 e. The van der Waals surface area contributed by atoms with E-state index < -0.39 is 47.9 Å². The molecule has 6 N–H and O–H groups in total. The summed E-state index contributed by atoms with van der Waals surface area (Å²) < 4.78 is 0. The Bertz CT molecular complexity index is 644. The van der Waals surface area contributed by atoms with Crippen LogP contribution in [-0.2, 0) is 19.2 Å². The van der Waals surface area contributed by atoms with Crippen molar-refractivity contribution in [3.63, 3.8) is 0 Å². The van der Waals surface area contributed by atoms with Crippen molar-refractivity contribution in [2.45, 2.75) is 91.4 Å². The van der Waals surface area contributed by atoms with Crippen LogP contribution in [0.1, 0.15) is 67.2 Å². The molecule has 0 spiro atoms. The van der Waals surface area contributed by atoms with Gasteiger partial charge in [0.1, 0.15) is 18.1 Å². The molecule has 0 aromatic rings. The summed E-state index contributed by atoms with van der Waals surface area (Å²) in [4.78, 5) is 50.2. The van der Waals surface area contributed by atoms with Crippen molar-refractivity contribution in [2.24, 2.45) is 23.5 Å². The lowest BCUT2D eigenvalue weighted by atomic mass is 9.97. The van der Waals surface area contributed by atoms with Crippen molar-refractivity contribution in [1.29, 1.82) is 0 Å². The van der Waals surface area contributed by atoms with Gasteiger partial charge in [0.15, 0.2) is 0 Å². The number of nitrogens with two attached hydrogens (primary N) is 1. The first-order valence-corrected chi connectivity index (χ1v) is 13.1. The number of carboxylic acid groups (broad SMARTS) is 1. The minimum Gasteiger partial charge on any atom is -0.480 e. The van der Waals surface area contributed by atoms with Crippen LogP contribution < -0.4 is 21.7 Å². The van der Waals surface area contributed by atoms with Gasteiger partial charge in [-0.2, -0.15) is 11.8 Å². The van der Waals surface area contributed by atoms with Gasteiger partial charge in [-0.15, -0.1) is 0 Å². The number of carbonyl (C=O) groups is 4. The number of amides is 3. The summed E-state index contributed by atoms with van der Waals surface area (Å²) in [7, 11) is 0. The molecule has 0 radical (unpaired) electrons. The zero-order chi connectivity index (χ0) is 25.7. The standard InChI is InChI=1S/C23H44N4O5S/c1-8-15(6)19(23(31)32)27-22(30)18(12-14(4)5)26-21(29)17(11-13(2)3)25-20(28)16(24)9-10-33-7/h13-19H,8-12,24H2,1-7H3,(H,25,28)(H,26,29)(H,27,30)(H,31,32). The van der Waals surface area contributed by atoms with Gasteiger partial charge < -0.3 is 26.8 Å². The zero-order valence-corrected chi connectivity index (χ0v) is 22.0. The van der Waals surface area contributed by atoms with Crippen LogP contribution in [0.25, 0.3) is 0 Å². The molecule has 0 saturated heterocycles. The van der Waals surface area contributed by atoms with E-state index in [2.05, 4.69) is 16.0 Å². The Labute approximate surface area is 202 Å². The monoisotopic (exact) mass is 488 g/mol. The highest BCUT2D eigenvalue weighted by molar-refractivity contribution is 7.98. The first-order chi connectivity index (χ1) is 15.3. The van der Waals surface area contributed by atoms with Crippen LogP contribution in [0, 0.1) is 17.8 Å². The van der Waals surface area contributed by atoms with E-state index in [-0.39, 0.29) is 17.8 Å². The van der Waals surface area contributed by atoms with Gasteiger partial charge in [0.05, 0.1) is 6.04 Å². The predicted molar refractivity (Wildman–Crippen MR) is 133 cm³/mol. The second-order valence-corrected chi connectivity index (χ2v) is 10.5. The molecule has 33 heavy (non-hydrogen) atoms. The number of hydrogen-bond donors (Lipinski definition) is 5. The van der Waals surface area contributed by atoms with Crippen LogP contribution in [0.15, 0.2) is 0 Å². The summed E-state index contributed by atoms with van der Waals surface area (Å²) in [5.41, 5.74) is 5.95. The van der Waals surface area contributed by atoms with Gasteiger partial charge in [0.2, 0.25) is 17.7 Å². The molecule has 0 aliphatic heterocycles. The van der Waals surface area contributed by atoms with Gasteiger partial charge >= 0.3 is 5.97 Å². The third-order valence-corrected chi connectivity index (χ3v) is 6.07. The van der Waals surface area contributed by atoms with Crippen LogP contribution in [0.5, 0.6) is 0 Å². The minimum absolute atomic E-state index is 0.0750. The van der Waals surface area contributed by atoms with Gasteiger partial charge in [-0.05, 0) is 49.0 Å². The van der Waals surface area contributed by atoms with Crippen LogP contribution in [0.4, 0.5) is 0 Å². The lowest BCUT2D eigenvalue weighted by Gasteiger charge is -2.28. The maximum atomic E-state index is 13.1. The molecule has 0 aliphatic rings. The second kappa shape index (κ2) is 15.9. The number of aliphatic carboxylic acids is 1. The van der Waals surface area contributed by atoms with Crippen molar-refractivity contribution < 1.29 is 24.3 Å². The van der Waals surface area contributed by atoms with Gasteiger partial charge in [-0.1, -0.05) is 48.0 Å². The molecule has 10 heteroatoms. The van der Waals surface area contributed by atoms with Crippen LogP contribution in [-0.4, -0.2) is 65.0 Å². The molecule has 0 aromatic carbocycles. The lowest BCUT2D eigenvalue weighted by Crippen LogP contribution is -2.58. The normalized spacial score (nSPS) is 15.9. The molecular weight excluding hydrogens is 444 g/mol. The second-order valence-electron chi connectivity index (χ2n) is 9.48. The van der Waals surface area contributed by atoms with E-state index in [1.165, 1.54) is 0 Å². The molecule has 5 unspecified atom stereocenters. The molecule has 0 aromatic heterocycles. The number of hydrogen-bond acceptors (Lipinski definition) is 6. The van der Waals surface area contributed by atoms with E-state index in [0.29, 0.717) is 25.7 Å². The summed E-state index contributed by atoms with van der Waals surface area (Å²) in [6, 6.07) is -3.53. The molecular formula is C23H44N4O5S. The highest BCUT2D eigenvalue weighted by Crippen LogP contribution is 2.12. The zero-order valence-electron chi connectivity index (χ0n) is 21.1. The van der Waals surface area contributed by atoms with E-state index in [4.69, 9.17) is 5.73 Å². The molecule has 0 saturated carbocycles. The average molecular weight is 489 g/mol. The van der Waals surface area contributed by atoms with E-state index in [1.54, 1.807) is 18.7 Å². The smallest absolute Gasteiger partial charge is 0.326 e. The molecule has 9 nitrogen and oxygen atoms in total. The minimum atomic E-state index is -1.11. The average Bonchev–Trinajstić information content (AvgIpc) is 2.72. The molecule has 0 bridgehead atoms. The Morgan fingerprint density at radius 1 is 0.848 bits per heavy atom. The molecule has 0 aliphatic carbocycles. The highest BCUT2D eigenvalue weighted by atomic mass is 32.2. The Morgan fingerprint density at radius 3 is 1.70 bits per heavy atom. The number of nitrogens with one attached hydrogen (secondary N) is 3. The Morgan fingerprint density at radius 2 is 1.30 bits per heavy atom. The maximum absolute atomic E-state index is 13.1. The van der Waals surface area contributed by atoms with Crippen LogP contribution in [0.2, 0.25) is 0 Å². The van der Waals surface area contributed by atoms with E-state index in [1.807, 2.05) is 40.9 Å². The summed E-state index contributed by atoms with van der Waals surface area (Å²) in [5, 5.41) is 17.6. The SMILES string of the molecule is CCC(C)C(NC(=O)C(CC(C)C)NC(=O)C(CC(C)C)NC(=O)C(N)CCSC)C(=O)O. The van der Waals surface area contributed by atoms with E-state index in [0.717, 1.165) is 5.75 Å². The molecule has 0 fully saturated rings. The molecule has 192 valence electrons. The van der Waals surface area contributed by atoms with E-state index >= 15 is 0 Å².